The van der Waals surface area contributed by atoms with Gasteiger partial charge in [0.15, 0.2) is 0 Å². The Hall–Kier alpha value is -2.12. The third kappa shape index (κ3) is 8.41. The van der Waals surface area contributed by atoms with Crippen molar-refractivity contribution in [1.82, 2.24) is 4.90 Å². The number of nitrogens with zero attached hydrogens (tertiary/aromatic N) is 1. The molecule has 4 N–H and O–H groups in total. The largest absolute Gasteiger partial charge is 0.508 e. The van der Waals surface area contributed by atoms with Crippen molar-refractivity contribution in [2.75, 3.05) is 20.6 Å². The Kier molecular flexibility index (Phi) is 9.25. The van der Waals surface area contributed by atoms with E-state index in [1.807, 2.05) is 26.2 Å². The molecule has 1 aromatic carbocycles. The van der Waals surface area contributed by atoms with Gasteiger partial charge in [-0.25, -0.2) is 0 Å². The maximum atomic E-state index is 11.0. The third-order valence-electron chi connectivity index (χ3n) is 4.76. The first kappa shape index (κ1) is 22.9. The molecule has 7 heteroatoms. The van der Waals surface area contributed by atoms with E-state index in [4.69, 9.17) is 10.2 Å². The molecule has 0 saturated heterocycles. The molecule has 1 aliphatic carbocycles. The van der Waals surface area contributed by atoms with E-state index in [-0.39, 0.29) is 24.5 Å². The van der Waals surface area contributed by atoms with Gasteiger partial charge in [0.25, 0.3) is 0 Å². The zero-order chi connectivity index (χ0) is 20.4. The average Bonchev–Trinajstić information content (AvgIpc) is 2.60. The first-order chi connectivity index (χ1) is 12.6. The highest BCUT2D eigenvalue weighted by molar-refractivity contribution is 5.75. The Morgan fingerprint density at radius 1 is 1.00 bits per heavy atom. The van der Waals surface area contributed by atoms with Crippen molar-refractivity contribution in [3.8, 4) is 5.75 Å². The van der Waals surface area contributed by atoms with Crippen LogP contribution in [0.1, 0.15) is 56.4 Å². The number of hydrogen-bond acceptors (Lipinski definition) is 5. The van der Waals surface area contributed by atoms with Gasteiger partial charge >= 0.3 is 11.9 Å². The van der Waals surface area contributed by atoms with E-state index in [0.717, 1.165) is 37.8 Å². The summed E-state index contributed by atoms with van der Waals surface area (Å²) in [4.78, 5) is 21.4. The van der Waals surface area contributed by atoms with Crippen LogP contribution in [0.3, 0.4) is 0 Å². The number of carboxylic acid groups (broad SMARTS) is 2. The predicted octanol–water partition coefficient (Wildman–Crippen LogP) is 2.67. The molecule has 1 aromatic rings. The van der Waals surface area contributed by atoms with Crippen molar-refractivity contribution in [2.24, 2.45) is 0 Å². The van der Waals surface area contributed by atoms with Crippen LogP contribution in [0.2, 0.25) is 0 Å². The highest BCUT2D eigenvalue weighted by atomic mass is 16.4. The standard InChI is InChI=1S/C16H25NO2.C4H6O4/c1-17(2)12-15(13-6-8-14(18)9-7-13)16(19)10-4-3-5-11-16;5-3(6)1-2-4(7)8/h6-9,15,18-19H,3-5,10-12H2,1-2H3;1-2H2,(H,5,6)(H,7,8). The SMILES string of the molecule is CN(C)CC(c1ccc(O)cc1)C1(O)CCCCC1.O=C(O)CCC(=O)O. The van der Waals surface area contributed by atoms with Crippen LogP contribution in [-0.4, -0.2) is 63.5 Å². The number of aliphatic hydroxyl groups is 1. The van der Waals surface area contributed by atoms with E-state index >= 15 is 0 Å². The Labute approximate surface area is 160 Å². The molecule has 0 heterocycles. The minimum absolute atomic E-state index is 0.114. The Bertz CT molecular complexity index is 579. The maximum Gasteiger partial charge on any atom is 0.303 e. The molecule has 27 heavy (non-hydrogen) atoms. The molecule has 1 saturated carbocycles. The van der Waals surface area contributed by atoms with Gasteiger partial charge < -0.3 is 25.3 Å². The number of hydrogen-bond donors (Lipinski definition) is 4. The number of likely N-dealkylation sites (N-methyl/N-ethyl adjacent to an activating group) is 1. The fourth-order valence-electron chi connectivity index (χ4n) is 3.38. The minimum atomic E-state index is -1.08. The maximum absolute atomic E-state index is 11.0. The minimum Gasteiger partial charge on any atom is -0.508 e. The molecule has 152 valence electrons. The highest BCUT2D eigenvalue weighted by Crippen LogP contribution is 2.40. The van der Waals surface area contributed by atoms with Crippen LogP contribution >= 0.6 is 0 Å². The van der Waals surface area contributed by atoms with Gasteiger partial charge in [-0.2, -0.15) is 0 Å². The lowest BCUT2D eigenvalue weighted by Crippen LogP contribution is -2.42. The van der Waals surface area contributed by atoms with E-state index < -0.39 is 17.5 Å². The number of phenolic OH excluding ortho intramolecular Hbond substituents is 1. The summed E-state index contributed by atoms with van der Waals surface area (Å²) in [6, 6.07) is 7.31. The van der Waals surface area contributed by atoms with Gasteiger partial charge in [-0.1, -0.05) is 31.4 Å². The molecule has 2 rings (SSSR count). The Morgan fingerprint density at radius 3 is 1.89 bits per heavy atom. The second kappa shape index (κ2) is 10.9. The second-order valence-corrected chi connectivity index (χ2v) is 7.36. The first-order valence-electron chi connectivity index (χ1n) is 9.23. The van der Waals surface area contributed by atoms with Gasteiger partial charge in [-0.15, -0.1) is 0 Å². The third-order valence-corrected chi connectivity index (χ3v) is 4.76. The van der Waals surface area contributed by atoms with Crippen molar-refractivity contribution >= 4 is 11.9 Å². The molecule has 0 amide bonds. The molecule has 0 aromatic heterocycles. The van der Waals surface area contributed by atoms with Crippen LogP contribution in [-0.2, 0) is 9.59 Å². The van der Waals surface area contributed by atoms with Crippen LogP contribution in [0.15, 0.2) is 24.3 Å². The summed E-state index contributed by atoms with van der Waals surface area (Å²) in [7, 11) is 4.08. The molecule has 1 fully saturated rings. The van der Waals surface area contributed by atoms with Crippen molar-refractivity contribution in [3.05, 3.63) is 29.8 Å². The number of aromatic hydroxyl groups is 1. The van der Waals surface area contributed by atoms with Gasteiger partial charge in [-0.3, -0.25) is 9.59 Å². The number of carboxylic acids is 2. The van der Waals surface area contributed by atoms with Crippen molar-refractivity contribution < 1.29 is 30.0 Å². The zero-order valence-corrected chi connectivity index (χ0v) is 16.1. The summed E-state index contributed by atoms with van der Waals surface area (Å²) in [5.74, 6) is -1.76. The quantitative estimate of drug-likeness (QED) is 0.573. The zero-order valence-electron chi connectivity index (χ0n) is 16.1. The van der Waals surface area contributed by atoms with Gasteiger partial charge in [-0.05, 0) is 44.6 Å². The topological polar surface area (TPSA) is 118 Å². The lowest BCUT2D eigenvalue weighted by atomic mass is 9.72. The lowest BCUT2D eigenvalue weighted by Gasteiger charge is -2.40. The van der Waals surface area contributed by atoms with Crippen LogP contribution < -0.4 is 0 Å². The van der Waals surface area contributed by atoms with Gasteiger partial charge in [0.1, 0.15) is 5.75 Å². The van der Waals surface area contributed by atoms with E-state index in [1.165, 1.54) is 6.42 Å². The highest BCUT2D eigenvalue weighted by Gasteiger charge is 2.38. The normalized spacial score (nSPS) is 16.9. The number of benzene rings is 1. The van der Waals surface area contributed by atoms with Gasteiger partial charge in [0.2, 0.25) is 0 Å². The molecule has 0 aliphatic heterocycles. The summed E-state index contributed by atoms with van der Waals surface area (Å²) >= 11 is 0. The number of phenols is 1. The second-order valence-electron chi connectivity index (χ2n) is 7.36. The molecular formula is C20H31NO6. The van der Waals surface area contributed by atoms with Gasteiger partial charge in [0, 0.05) is 12.5 Å². The van der Waals surface area contributed by atoms with Crippen molar-refractivity contribution in [1.29, 1.82) is 0 Å². The van der Waals surface area contributed by atoms with E-state index in [2.05, 4.69) is 4.90 Å². The number of carbonyl (C=O) groups is 2. The van der Waals surface area contributed by atoms with E-state index in [0.29, 0.717) is 0 Å². The van der Waals surface area contributed by atoms with Gasteiger partial charge in [0.05, 0.1) is 18.4 Å². The summed E-state index contributed by atoms with van der Waals surface area (Å²) < 4.78 is 0. The van der Waals surface area contributed by atoms with Crippen molar-refractivity contribution in [2.45, 2.75) is 56.5 Å². The molecular weight excluding hydrogens is 350 g/mol. The van der Waals surface area contributed by atoms with Crippen LogP contribution in [0, 0.1) is 0 Å². The molecule has 1 unspecified atom stereocenters. The lowest BCUT2D eigenvalue weighted by molar-refractivity contribution is -0.143. The number of aliphatic carboxylic acids is 2. The van der Waals surface area contributed by atoms with E-state index in [1.54, 1.807) is 12.1 Å². The summed E-state index contributed by atoms with van der Waals surface area (Å²) in [5.41, 5.74) is 0.523. The summed E-state index contributed by atoms with van der Waals surface area (Å²) in [5, 5.41) is 36.2. The average molecular weight is 381 g/mol. The Balaban J connectivity index is 0.000000387. The van der Waals surface area contributed by atoms with Crippen molar-refractivity contribution in [3.63, 3.8) is 0 Å². The fourth-order valence-corrected chi connectivity index (χ4v) is 3.38. The van der Waals surface area contributed by atoms with Crippen LogP contribution in [0.5, 0.6) is 5.75 Å². The predicted molar refractivity (Wildman–Crippen MR) is 102 cm³/mol. The monoisotopic (exact) mass is 381 g/mol. The molecule has 7 nitrogen and oxygen atoms in total. The number of rotatable bonds is 7. The fraction of sp³-hybridized carbons (Fsp3) is 0.600. The molecule has 1 aliphatic rings. The Morgan fingerprint density at radius 2 is 1.48 bits per heavy atom. The molecule has 0 bridgehead atoms. The molecule has 0 radical (unpaired) electrons. The molecule has 1 atom stereocenters. The summed E-state index contributed by atoms with van der Waals surface area (Å²) in [6.07, 6.45) is 4.62. The molecule has 0 spiro atoms. The first-order valence-corrected chi connectivity index (χ1v) is 9.23. The summed E-state index contributed by atoms with van der Waals surface area (Å²) in [6.45, 7) is 0.835. The van der Waals surface area contributed by atoms with E-state index in [9.17, 15) is 19.8 Å². The van der Waals surface area contributed by atoms with Crippen LogP contribution in [0.25, 0.3) is 0 Å². The smallest absolute Gasteiger partial charge is 0.303 e. The van der Waals surface area contributed by atoms with Crippen LogP contribution in [0.4, 0.5) is 0 Å².